The molecule has 0 aliphatic rings. The van der Waals surface area contributed by atoms with Gasteiger partial charge in [-0.2, -0.15) is 0 Å². The van der Waals surface area contributed by atoms with Gasteiger partial charge in [0.15, 0.2) is 5.82 Å². The summed E-state index contributed by atoms with van der Waals surface area (Å²) in [7, 11) is 0. The first-order chi connectivity index (χ1) is 13.9. The van der Waals surface area contributed by atoms with Crippen LogP contribution < -0.4 is 0 Å². The minimum Gasteiger partial charge on any atom is -0.264 e. The van der Waals surface area contributed by atoms with Crippen LogP contribution in [0, 0.1) is 0 Å². The van der Waals surface area contributed by atoms with Crippen LogP contribution in [0.5, 0.6) is 0 Å². The fourth-order valence-corrected chi connectivity index (χ4v) is 4.31. The number of para-hydroxylation sites is 1. The maximum atomic E-state index is 4.79. The molecule has 0 N–H and O–H groups in total. The summed E-state index contributed by atoms with van der Waals surface area (Å²) in [5.74, 6) is 0.631. The molecule has 1 aromatic carbocycles. The lowest BCUT2D eigenvalue weighted by atomic mass is 10.2. The zero-order valence-electron chi connectivity index (χ0n) is 14.5. The predicted octanol–water partition coefficient (Wildman–Crippen LogP) is 3.94. The molecule has 4 heterocycles. The van der Waals surface area contributed by atoms with Crippen molar-refractivity contribution in [3.8, 4) is 11.4 Å². The van der Waals surface area contributed by atoms with Gasteiger partial charge < -0.3 is 0 Å². The van der Waals surface area contributed by atoms with E-state index in [0.717, 1.165) is 21.5 Å². The Labute approximate surface area is 168 Å². The third-order valence-corrected chi connectivity index (χ3v) is 5.90. The summed E-state index contributed by atoms with van der Waals surface area (Å²) in [4.78, 5) is 14.9. The Morgan fingerprint density at radius 3 is 2.82 bits per heavy atom. The summed E-state index contributed by atoms with van der Waals surface area (Å²) in [5, 5.41) is 16.7. The smallest absolute Gasteiger partial charge is 0.215 e. The third kappa shape index (κ3) is 3.37. The Kier molecular flexibility index (Phi) is 4.51. The highest BCUT2D eigenvalue weighted by Crippen LogP contribution is 2.32. The van der Waals surface area contributed by atoms with E-state index >= 15 is 0 Å². The van der Waals surface area contributed by atoms with Gasteiger partial charge in [0.1, 0.15) is 5.03 Å². The summed E-state index contributed by atoms with van der Waals surface area (Å²) in [5.41, 5.74) is 1.74. The van der Waals surface area contributed by atoms with E-state index in [4.69, 9.17) is 9.97 Å². The van der Waals surface area contributed by atoms with Gasteiger partial charge in [-0.1, -0.05) is 24.3 Å². The summed E-state index contributed by atoms with van der Waals surface area (Å²) < 4.78 is 1.79. The van der Waals surface area contributed by atoms with E-state index in [2.05, 4.69) is 26.6 Å². The Hall–Kier alpha value is -3.17. The average molecular weight is 403 g/mol. The maximum absolute atomic E-state index is 4.79. The van der Waals surface area contributed by atoms with Crippen molar-refractivity contribution in [1.29, 1.82) is 0 Å². The number of fused-ring (bicyclic) bond motifs is 1. The molecule has 5 rings (SSSR count). The van der Waals surface area contributed by atoms with E-state index in [1.807, 2.05) is 47.8 Å². The molecule has 0 atom stereocenters. The van der Waals surface area contributed by atoms with Crippen molar-refractivity contribution in [2.24, 2.45) is 0 Å². The highest BCUT2D eigenvalue weighted by Gasteiger charge is 2.15. The highest BCUT2D eigenvalue weighted by atomic mass is 32.2. The first-order valence-electron chi connectivity index (χ1n) is 8.50. The van der Waals surface area contributed by atoms with Crippen molar-refractivity contribution in [1.82, 2.24) is 35.2 Å². The van der Waals surface area contributed by atoms with Gasteiger partial charge in [-0.15, -0.1) is 16.4 Å². The first-order valence-corrected chi connectivity index (χ1v) is 10.2. The number of tetrazole rings is 1. The summed E-state index contributed by atoms with van der Waals surface area (Å²) in [6.07, 6.45) is 3.50. The van der Waals surface area contributed by atoms with Crippen molar-refractivity contribution in [2.45, 2.75) is 16.7 Å². The number of aromatic nitrogens is 7. The zero-order chi connectivity index (χ0) is 18.8. The van der Waals surface area contributed by atoms with Crippen molar-refractivity contribution in [2.75, 3.05) is 0 Å². The molecule has 0 fully saturated rings. The predicted molar refractivity (Wildman–Crippen MR) is 108 cm³/mol. The second-order valence-electron chi connectivity index (χ2n) is 5.91. The van der Waals surface area contributed by atoms with Crippen molar-refractivity contribution in [3.63, 3.8) is 0 Å². The minimum atomic E-state index is 0.630. The molecule has 0 saturated carbocycles. The second-order valence-corrected chi connectivity index (χ2v) is 7.90. The number of rotatable bonds is 5. The Morgan fingerprint density at radius 2 is 1.96 bits per heavy atom. The van der Waals surface area contributed by atoms with Gasteiger partial charge in [-0.25, -0.2) is 14.6 Å². The molecule has 9 heteroatoms. The topological polar surface area (TPSA) is 82.3 Å². The van der Waals surface area contributed by atoms with Crippen LogP contribution in [-0.4, -0.2) is 35.2 Å². The molecule has 0 saturated heterocycles. The Morgan fingerprint density at radius 1 is 1.00 bits per heavy atom. The molecule has 136 valence electrons. The first kappa shape index (κ1) is 17.0. The standard InChI is InChI=1S/C19H13N7S2/c1-2-8-16-15(7-1)18(22-17(21-16)13-5-3-9-20-11-13)28-19-23-24-25-26(19)12-14-6-4-10-27-14/h1-11H,12H2. The Balaban J connectivity index is 1.57. The molecule has 4 aromatic heterocycles. The number of pyridine rings is 1. The second kappa shape index (κ2) is 7.45. The van der Waals surface area contributed by atoms with E-state index in [9.17, 15) is 0 Å². The SMILES string of the molecule is c1cncc(-c2nc(Sc3nnnn3Cc3cccs3)c3ccccc3n2)c1. The van der Waals surface area contributed by atoms with Gasteiger partial charge in [0, 0.05) is 28.2 Å². The average Bonchev–Trinajstić information content (AvgIpc) is 3.41. The normalized spacial score (nSPS) is 11.1. The van der Waals surface area contributed by atoms with Crippen LogP contribution in [0.2, 0.25) is 0 Å². The molecule has 5 aromatic rings. The Bertz CT molecular complexity index is 1220. The molecule has 0 amide bonds. The zero-order valence-corrected chi connectivity index (χ0v) is 16.1. The lowest BCUT2D eigenvalue weighted by Gasteiger charge is -2.08. The summed E-state index contributed by atoms with van der Waals surface area (Å²) >= 11 is 3.12. The number of nitrogens with zero attached hydrogens (tertiary/aromatic N) is 7. The molecular formula is C19H13N7S2. The van der Waals surface area contributed by atoms with E-state index < -0.39 is 0 Å². The lowest BCUT2D eigenvalue weighted by molar-refractivity contribution is 0.608. The van der Waals surface area contributed by atoms with Crippen LogP contribution in [0.15, 0.2) is 76.5 Å². The van der Waals surface area contributed by atoms with Gasteiger partial charge in [0.2, 0.25) is 5.16 Å². The number of benzene rings is 1. The van der Waals surface area contributed by atoms with Gasteiger partial charge in [-0.3, -0.25) is 4.98 Å². The highest BCUT2D eigenvalue weighted by molar-refractivity contribution is 7.99. The van der Waals surface area contributed by atoms with Gasteiger partial charge >= 0.3 is 0 Å². The van der Waals surface area contributed by atoms with Gasteiger partial charge in [0.25, 0.3) is 0 Å². The summed E-state index contributed by atoms with van der Waals surface area (Å²) in [6, 6.07) is 15.9. The van der Waals surface area contributed by atoms with Crippen molar-refractivity contribution < 1.29 is 0 Å². The van der Waals surface area contributed by atoms with Crippen LogP contribution >= 0.6 is 23.1 Å². The lowest BCUT2D eigenvalue weighted by Crippen LogP contribution is -2.03. The van der Waals surface area contributed by atoms with Gasteiger partial charge in [0.05, 0.1) is 12.1 Å². The molecule has 0 aliphatic carbocycles. The quantitative estimate of drug-likeness (QED) is 0.411. The number of thiophene rings is 1. The van der Waals surface area contributed by atoms with E-state index in [-0.39, 0.29) is 0 Å². The van der Waals surface area contributed by atoms with Gasteiger partial charge in [-0.05, 0) is 51.8 Å². The molecule has 0 radical (unpaired) electrons. The number of hydrogen-bond donors (Lipinski definition) is 0. The van der Waals surface area contributed by atoms with E-state index in [1.54, 1.807) is 28.4 Å². The fourth-order valence-electron chi connectivity index (χ4n) is 2.75. The van der Waals surface area contributed by atoms with Crippen molar-refractivity contribution >= 4 is 34.0 Å². The van der Waals surface area contributed by atoms with E-state index in [0.29, 0.717) is 17.5 Å². The minimum absolute atomic E-state index is 0.630. The molecule has 0 aliphatic heterocycles. The largest absolute Gasteiger partial charge is 0.264 e. The molecule has 0 bridgehead atoms. The molecule has 0 unspecified atom stereocenters. The van der Waals surface area contributed by atoms with E-state index in [1.165, 1.54) is 16.6 Å². The molecule has 0 spiro atoms. The van der Waals surface area contributed by atoms with Crippen LogP contribution in [0.1, 0.15) is 4.88 Å². The molecule has 28 heavy (non-hydrogen) atoms. The van der Waals surface area contributed by atoms with Crippen molar-refractivity contribution in [3.05, 3.63) is 71.2 Å². The third-order valence-electron chi connectivity index (χ3n) is 4.06. The van der Waals surface area contributed by atoms with Crippen LogP contribution in [0.4, 0.5) is 0 Å². The molecular weight excluding hydrogens is 390 g/mol. The van der Waals surface area contributed by atoms with Crippen LogP contribution in [0.3, 0.4) is 0 Å². The number of hydrogen-bond acceptors (Lipinski definition) is 8. The monoisotopic (exact) mass is 403 g/mol. The summed E-state index contributed by atoms with van der Waals surface area (Å²) in [6.45, 7) is 0.630. The molecule has 7 nitrogen and oxygen atoms in total. The maximum Gasteiger partial charge on any atom is 0.215 e. The van der Waals surface area contributed by atoms with Crippen LogP contribution in [-0.2, 0) is 6.54 Å². The fraction of sp³-hybridized carbons (Fsp3) is 0.0526. The van der Waals surface area contributed by atoms with Crippen LogP contribution in [0.25, 0.3) is 22.3 Å².